The van der Waals surface area contributed by atoms with E-state index in [2.05, 4.69) is 450 Å². The molecule has 0 saturated heterocycles. The average Bonchev–Trinajstić information content (AvgIpc) is 1.32. The van der Waals surface area contributed by atoms with Crippen molar-refractivity contribution in [3.63, 3.8) is 0 Å². The van der Waals surface area contributed by atoms with Crippen LogP contribution in [0, 0.1) is 0 Å². The summed E-state index contributed by atoms with van der Waals surface area (Å²) < 4.78 is 5.28. The predicted molar refractivity (Wildman–Crippen MR) is 514 cm³/mol. The van der Waals surface area contributed by atoms with Gasteiger partial charge in [-0.15, -0.1) is 0 Å². The molecule has 21 rings (SSSR count). The number of aromatic nitrogens is 2. The molecule has 2 aliphatic heterocycles. The summed E-state index contributed by atoms with van der Waals surface area (Å²) in [6.07, 6.45) is 0. The molecule has 0 atom stereocenters. The predicted octanol–water partition coefficient (Wildman–Crippen LogP) is 29.7. The van der Waals surface area contributed by atoms with E-state index in [1.165, 1.54) is 153 Å². The minimum Gasteiger partial charge on any atom is -0.310 e. The van der Waals surface area contributed by atoms with E-state index in [4.69, 9.17) is 0 Å². The molecule has 0 N–H and O–H groups in total. The first-order valence-corrected chi connectivity index (χ1v) is 42.7. The van der Waals surface area contributed by atoms with Crippen LogP contribution in [-0.2, 0) is 27.1 Å². The molecule has 578 valence electrons. The maximum Gasteiger partial charge on any atom is 0.252 e. The van der Waals surface area contributed by atoms with Crippen molar-refractivity contribution in [3.8, 4) is 55.9 Å². The summed E-state index contributed by atoms with van der Waals surface area (Å²) in [7, 11) is 0. The second kappa shape index (κ2) is 26.8. The molecular weight excluding hydrogens is 1440 g/mol. The Bertz CT molecular complexity index is 6860. The van der Waals surface area contributed by atoms with Crippen LogP contribution in [0.15, 0.2) is 328 Å². The minimum absolute atomic E-state index is 0.104. The van der Waals surface area contributed by atoms with Gasteiger partial charge in [-0.1, -0.05) is 347 Å². The second-order valence-corrected chi connectivity index (χ2v) is 38.8. The first kappa shape index (κ1) is 73.7. The quantitative estimate of drug-likeness (QED) is 0.111. The van der Waals surface area contributed by atoms with Gasteiger partial charge in [-0.2, -0.15) is 0 Å². The Morgan fingerprint density at radius 1 is 0.218 bits per heavy atom. The molecule has 0 fully saturated rings. The molecule has 119 heavy (non-hydrogen) atoms. The Balaban J connectivity index is 0.965. The standard InChI is InChI=1S/C114H99BN4/c1-110(2,3)74-52-58-97-93(60-74)103-85-48-32-28-44-81(85)83-46-30-34-50-87(83)108(103)116(97)79-54-56-95-99(68-79)118(106-89(70-36-20-16-21-37-70)62-76(112(7,8)9)63-90(106)71-38-22-17-23-39-71)101-66-78(114(13,14)15)67-102-105(101)115(95)96-57-55-80(69-100(96)119(102)107-91(72-40-24-18-25-41-72)64-77(113(10,11)12)65-92(107)73-42-26-19-27-43-73)117-98-59-53-75(111(4,5)6)61-94(98)104-86-49-33-29-45-82(86)84-47-31-35-51-88(84)109(104)117/h16-69H,1-15H3. The van der Waals surface area contributed by atoms with Gasteiger partial charge in [0.25, 0.3) is 6.71 Å². The highest BCUT2D eigenvalue weighted by atomic mass is 15.2. The van der Waals surface area contributed by atoms with Crippen LogP contribution >= 0.6 is 0 Å². The summed E-state index contributed by atoms with van der Waals surface area (Å²) in [5.41, 5.74) is 32.1. The molecular formula is C114H99BN4. The van der Waals surface area contributed by atoms with Gasteiger partial charge in [-0.05, 0) is 211 Å². The van der Waals surface area contributed by atoms with Crippen molar-refractivity contribution in [2.24, 2.45) is 0 Å². The van der Waals surface area contributed by atoms with Gasteiger partial charge in [0.15, 0.2) is 0 Å². The molecule has 19 aromatic rings. The van der Waals surface area contributed by atoms with E-state index < -0.39 is 0 Å². The highest BCUT2D eigenvalue weighted by molar-refractivity contribution is 7.00. The number of hydrogen-bond acceptors (Lipinski definition) is 2. The molecule has 2 aliphatic rings. The lowest BCUT2D eigenvalue weighted by Crippen LogP contribution is -2.61. The molecule has 0 unspecified atom stereocenters. The van der Waals surface area contributed by atoms with E-state index in [9.17, 15) is 0 Å². The van der Waals surface area contributed by atoms with E-state index in [1.807, 2.05) is 0 Å². The lowest BCUT2D eigenvalue weighted by Gasteiger charge is -2.47. The summed E-state index contributed by atoms with van der Waals surface area (Å²) in [6.45, 7) is 35.3. The number of hydrogen-bond donors (Lipinski definition) is 0. The smallest absolute Gasteiger partial charge is 0.252 e. The Hall–Kier alpha value is -13.0. The van der Waals surface area contributed by atoms with E-state index >= 15 is 0 Å². The van der Waals surface area contributed by atoms with Gasteiger partial charge in [-0.25, -0.2) is 0 Å². The van der Waals surface area contributed by atoms with E-state index in [-0.39, 0.29) is 33.8 Å². The number of rotatable bonds is 8. The van der Waals surface area contributed by atoms with Gasteiger partial charge in [0.2, 0.25) is 0 Å². The van der Waals surface area contributed by atoms with E-state index in [1.54, 1.807) is 0 Å². The summed E-state index contributed by atoms with van der Waals surface area (Å²) in [4.78, 5) is 5.55. The van der Waals surface area contributed by atoms with Crippen molar-refractivity contribution in [1.29, 1.82) is 0 Å². The molecule has 0 spiro atoms. The van der Waals surface area contributed by atoms with Crippen LogP contribution in [0.3, 0.4) is 0 Å². The van der Waals surface area contributed by atoms with Crippen molar-refractivity contribution >= 4 is 144 Å². The van der Waals surface area contributed by atoms with Crippen LogP contribution in [0.5, 0.6) is 0 Å². The second-order valence-electron chi connectivity index (χ2n) is 38.8. The average molecular weight is 1540 g/mol. The number of benzene rings is 17. The van der Waals surface area contributed by atoms with Crippen LogP contribution in [0.1, 0.15) is 132 Å². The molecule has 0 saturated carbocycles. The van der Waals surface area contributed by atoms with Gasteiger partial charge >= 0.3 is 0 Å². The lowest BCUT2D eigenvalue weighted by atomic mass is 9.33. The fourth-order valence-electron chi connectivity index (χ4n) is 20.0. The third-order valence-corrected chi connectivity index (χ3v) is 26.2. The van der Waals surface area contributed by atoms with E-state index in [0.717, 1.165) is 67.8 Å². The highest BCUT2D eigenvalue weighted by Crippen LogP contribution is 2.57. The Kier molecular flexibility index (Phi) is 16.6. The minimum atomic E-state index is -0.374. The van der Waals surface area contributed by atoms with E-state index in [0.29, 0.717) is 0 Å². The van der Waals surface area contributed by atoms with Gasteiger partial charge in [0.1, 0.15) is 0 Å². The van der Waals surface area contributed by atoms with Crippen molar-refractivity contribution in [2.45, 2.75) is 131 Å². The van der Waals surface area contributed by atoms with Gasteiger partial charge in [0.05, 0.1) is 33.4 Å². The fraction of sp³-hybridized carbons (Fsp3) is 0.175. The summed E-state index contributed by atoms with van der Waals surface area (Å²) in [6, 6.07) is 127. The van der Waals surface area contributed by atoms with Gasteiger partial charge in [0, 0.05) is 88.7 Å². The molecule has 2 aromatic heterocycles. The number of fused-ring (bicyclic) bond motifs is 20. The molecule has 0 bridgehead atoms. The zero-order chi connectivity index (χ0) is 81.7. The van der Waals surface area contributed by atoms with Crippen molar-refractivity contribution in [2.75, 3.05) is 9.80 Å². The summed E-state index contributed by atoms with van der Waals surface area (Å²) in [5.74, 6) is 0. The normalized spacial score (nSPS) is 13.3. The first-order valence-electron chi connectivity index (χ1n) is 42.7. The maximum absolute atomic E-state index is 2.77. The van der Waals surface area contributed by atoms with Crippen LogP contribution in [0.2, 0.25) is 0 Å². The Morgan fingerprint density at radius 2 is 0.496 bits per heavy atom. The summed E-state index contributed by atoms with van der Waals surface area (Å²) >= 11 is 0. The molecule has 0 amide bonds. The first-order chi connectivity index (χ1) is 57.2. The Morgan fingerprint density at radius 3 is 0.807 bits per heavy atom. The van der Waals surface area contributed by atoms with Crippen LogP contribution in [-0.4, -0.2) is 15.8 Å². The zero-order valence-corrected chi connectivity index (χ0v) is 71.0. The summed E-state index contributed by atoms with van der Waals surface area (Å²) in [5, 5.41) is 15.0. The molecule has 0 radical (unpaired) electrons. The number of anilines is 6. The third kappa shape index (κ3) is 11.7. The Labute approximate surface area is 700 Å². The molecule has 0 aliphatic carbocycles. The lowest BCUT2D eigenvalue weighted by molar-refractivity contribution is 0.590. The van der Waals surface area contributed by atoms with Gasteiger partial charge < -0.3 is 18.9 Å². The van der Waals surface area contributed by atoms with Crippen molar-refractivity contribution < 1.29 is 0 Å². The third-order valence-electron chi connectivity index (χ3n) is 26.2. The molecule has 4 nitrogen and oxygen atoms in total. The topological polar surface area (TPSA) is 16.3 Å². The fourth-order valence-corrected chi connectivity index (χ4v) is 20.0. The van der Waals surface area contributed by atoms with Crippen LogP contribution in [0.25, 0.3) is 143 Å². The highest BCUT2D eigenvalue weighted by Gasteiger charge is 2.47. The van der Waals surface area contributed by atoms with Crippen molar-refractivity contribution in [1.82, 2.24) is 9.13 Å². The monoisotopic (exact) mass is 1530 g/mol. The van der Waals surface area contributed by atoms with Crippen LogP contribution < -0.4 is 26.2 Å². The SMILES string of the molecule is CC(C)(C)c1cc(-c2ccccc2)c(N2c3cc(-n4c5ccc(C(C)(C)C)cc5c5c6ccccc6c6ccccc6c54)ccc3B3c4ccc(-n5c6ccc(C(C)(C)C)cc6c6c7ccccc7c7ccccc7c65)cc4N(c4c(-c5ccccc5)cc(C(C)(C)C)cc4-c4ccccc4)c4cc(C(C)(C)C)cc2c43)c(-c2ccccc2)c1. The zero-order valence-electron chi connectivity index (χ0n) is 71.0. The number of nitrogens with zero attached hydrogens (tertiary/aromatic N) is 4. The molecule has 5 heteroatoms. The molecule has 17 aromatic carbocycles. The largest absolute Gasteiger partial charge is 0.310 e. The van der Waals surface area contributed by atoms with Crippen molar-refractivity contribution in [3.05, 3.63) is 355 Å². The molecule has 4 heterocycles. The van der Waals surface area contributed by atoms with Gasteiger partial charge in [-0.3, -0.25) is 0 Å². The van der Waals surface area contributed by atoms with Crippen LogP contribution in [0.4, 0.5) is 34.1 Å². The maximum atomic E-state index is 2.77.